The van der Waals surface area contributed by atoms with Crippen LogP contribution in [0.25, 0.3) is 10.9 Å². The van der Waals surface area contributed by atoms with Gasteiger partial charge in [0.25, 0.3) is 0 Å². The molecule has 0 spiro atoms. The Morgan fingerprint density at radius 2 is 2.00 bits per heavy atom. The number of likely N-dealkylation sites (tertiary alicyclic amines) is 1. The minimum absolute atomic E-state index is 0.334. The molecule has 0 atom stereocenters. The fourth-order valence-corrected chi connectivity index (χ4v) is 3.48. The van der Waals surface area contributed by atoms with Crippen LogP contribution < -0.4 is 0 Å². The van der Waals surface area contributed by atoms with Crippen molar-refractivity contribution in [2.45, 2.75) is 39.5 Å². The molecule has 2 aromatic rings. The van der Waals surface area contributed by atoms with Crippen molar-refractivity contribution in [1.82, 2.24) is 9.88 Å². The number of para-hydroxylation sites is 1. The van der Waals surface area contributed by atoms with Crippen molar-refractivity contribution in [2.75, 3.05) is 13.1 Å². The first-order valence-electron chi connectivity index (χ1n) is 8.46. The van der Waals surface area contributed by atoms with E-state index in [1.807, 2.05) is 0 Å². The van der Waals surface area contributed by atoms with Gasteiger partial charge in [0.2, 0.25) is 5.91 Å². The number of fused-ring (bicyclic) bond motifs is 1. The molecule has 0 unspecified atom stereocenters. The Bertz CT molecular complexity index is 636. The van der Waals surface area contributed by atoms with E-state index < -0.39 is 0 Å². The Morgan fingerprint density at radius 3 is 2.73 bits per heavy atom. The summed E-state index contributed by atoms with van der Waals surface area (Å²) in [6.07, 6.45) is 6.22. The van der Waals surface area contributed by atoms with Gasteiger partial charge in [-0.2, -0.15) is 0 Å². The molecule has 3 nitrogen and oxygen atoms in total. The van der Waals surface area contributed by atoms with Gasteiger partial charge in [-0.1, -0.05) is 32.0 Å². The number of nitrogens with one attached hydrogen (secondary N) is 1. The van der Waals surface area contributed by atoms with E-state index in [1.54, 1.807) is 0 Å². The predicted octanol–water partition coefficient (Wildman–Crippen LogP) is 4.00. The largest absolute Gasteiger partial charge is 0.361 e. The van der Waals surface area contributed by atoms with Crippen molar-refractivity contribution >= 4 is 16.8 Å². The number of rotatable bonds is 4. The zero-order chi connectivity index (χ0) is 15.5. The maximum Gasteiger partial charge on any atom is 0.222 e. The van der Waals surface area contributed by atoms with Gasteiger partial charge >= 0.3 is 0 Å². The molecule has 0 bridgehead atoms. The topological polar surface area (TPSA) is 36.1 Å². The molecule has 1 aliphatic heterocycles. The first-order chi connectivity index (χ1) is 10.6. The van der Waals surface area contributed by atoms with Crippen LogP contribution in [0.5, 0.6) is 0 Å². The molecule has 3 heteroatoms. The lowest BCUT2D eigenvalue weighted by molar-refractivity contribution is -0.133. The highest BCUT2D eigenvalue weighted by Gasteiger charge is 2.23. The number of carbonyl (C=O) groups excluding carboxylic acids is 1. The van der Waals surface area contributed by atoms with Crippen molar-refractivity contribution in [3.05, 3.63) is 36.0 Å². The molecule has 0 saturated carbocycles. The van der Waals surface area contributed by atoms with E-state index >= 15 is 0 Å². The van der Waals surface area contributed by atoms with E-state index in [9.17, 15) is 4.79 Å². The lowest BCUT2D eigenvalue weighted by atomic mass is 9.90. The van der Waals surface area contributed by atoms with Crippen molar-refractivity contribution in [1.29, 1.82) is 0 Å². The van der Waals surface area contributed by atoms with Gasteiger partial charge in [0.05, 0.1) is 0 Å². The number of carbonyl (C=O) groups is 1. The van der Waals surface area contributed by atoms with E-state index in [2.05, 4.69) is 54.2 Å². The van der Waals surface area contributed by atoms with Crippen molar-refractivity contribution in [3.8, 4) is 0 Å². The third kappa shape index (κ3) is 3.34. The number of benzene rings is 1. The van der Waals surface area contributed by atoms with Crippen molar-refractivity contribution in [2.24, 2.45) is 11.8 Å². The van der Waals surface area contributed by atoms with E-state index in [0.717, 1.165) is 32.4 Å². The quantitative estimate of drug-likeness (QED) is 0.910. The highest BCUT2D eigenvalue weighted by Crippen LogP contribution is 2.26. The van der Waals surface area contributed by atoms with Crippen LogP contribution in [0.2, 0.25) is 0 Å². The Balaban J connectivity index is 1.57. The summed E-state index contributed by atoms with van der Waals surface area (Å²) in [6, 6.07) is 8.50. The molecule has 118 valence electrons. The molecule has 1 amide bonds. The van der Waals surface area contributed by atoms with Gasteiger partial charge in [-0.25, -0.2) is 0 Å². The molecule has 3 rings (SSSR count). The summed E-state index contributed by atoms with van der Waals surface area (Å²) in [6.45, 7) is 6.08. The zero-order valence-electron chi connectivity index (χ0n) is 13.6. The number of hydrogen-bond donors (Lipinski definition) is 1. The molecular weight excluding hydrogens is 272 g/mol. The average Bonchev–Trinajstić information content (AvgIpc) is 2.91. The number of piperidine rings is 1. The summed E-state index contributed by atoms with van der Waals surface area (Å²) < 4.78 is 0. The first kappa shape index (κ1) is 15.1. The number of H-pyrrole nitrogens is 1. The molecule has 1 fully saturated rings. The molecule has 0 aliphatic carbocycles. The van der Waals surface area contributed by atoms with Crippen molar-refractivity contribution < 1.29 is 4.79 Å². The second kappa shape index (κ2) is 6.55. The zero-order valence-corrected chi connectivity index (χ0v) is 13.6. The summed E-state index contributed by atoms with van der Waals surface area (Å²) in [5.41, 5.74) is 2.64. The number of nitrogens with zero attached hydrogens (tertiary/aromatic N) is 1. The Hall–Kier alpha value is -1.77. The van der Waals surface area contributed by atoms with Crippen LogP contribution in [-0.2, 0) is 11.2 Å². The fourth-order valence-electron chi connectivity index (χ4n) is 3.48. The number of hydrogen-bond acceptors (Lipinski definition) is 1. The second-order valence-electron chi connectivity index (χ2n) is 6.99. The standard InChI is InChI=1S/C19H26N2O/c1-14(2)11-19(22)21-9-7-15(8-10-21)12-16-13-20-18-6-4-3-5-17(16)18/h3-6,13-15,20H,7-12H2,1-2H3. The van der Waals surface area contributed by atoms with Crippen molar-refractivity contribution in [3.63, 3.8) is 0 Å². The summed E-state index contributed by atoms with van der Waals surface area (Å²) in [7, 11) is 0. The molecule has 22 heavy (non-hydrogen) atoms. The molecule has 1 aliphatic rings. The SMILES string of the molecule is CC(C)CC(=O)N1CCC(Cc2c[nH]c3ccccc23)CC1. The third-order valence-electron chi connectivity index (χ3n) is 4.73. The van der Waals surface area contributed by atoms with Crippen LogP contribution in [-0.4, -0.2) is 28.9 Å². The maximum absolute atomic E-state index is 12.1. The van der Waals surface area contributed by atoms with E-state index in [4.69, 9.17) is 0 Å². The second-order valence-corrected chi connectivity index (χ2v) is 6.99. The lowest BCUT2D eigenvalue weighted by Crippen LogP contribution is -2.39. The lowest BCUT2D eigenvalue weighted by Gasteiger charge is -2.32. The minimum atomic E-state index is 0.334. The van der Waals surface area contributed by atoms with Crippen LogP contribution >= 0.6 is 0 Å². The molecule has 1 saturated heterocycles. The van der Waals surface area contributed by atoms with Gasteiger partial charge in [-0.05, 0) is 42.7 Å². The fraction of sp³-hybridized carbons (Fsp3) is 0.526. The maximum atomic E-state index is 12.1. The first-order valence-corrected chi connectivity index (χ1v) is 8.46. The normalized spacial score (nSPS) is 16.6. The Labute approximate surface area is 132 Å². The van der Waals surface area contributed by atoms with Gasteiger partial charge in [0.1, 0.15) is 0 Å². The predicted molar refractivity (Wildman–Crippen MR) is 90.8 cm³/mol. The summed E-state index contributed by atoms with van der Waals surface area (Å²) in [4.78, 5) is 17.6. The summed E-state index contributed by atoms with van der Waals surface area (Å²) >= 11 is 0. The molecule has 0 radical (unpaired) electrons. The molecular formula is C19H26N2O. The van der Waals surface area contributed by atoms with E-state index in [0.29, 0.717) is 24.2 Å². The smallest absolute Gasteiger partial charge is 0.222 e. The summed E-state index contributed by atoms with van der Waals surface area (Å²) in [5.74, 6) is 1.49. The van der Waals surface area contributed by atoms with Gasteiger partial charge < -0.3 is 9.88 Å². The van der Waals surface area contributed by atoms with Crippen LogP contribution in [0.4, 0.5) is 0 Å². The molecule has 1 aromatic carbocycles. The summed E-state index contributed by atoms with van der Waals surface area (Å²) in [5, 5.41) is 1.35. The highest BCUT2D eigenvalue weighted by atomic mass is 16.2. The Morgan fingerprint density at radius 1 is 1.27 bits per heavy atom. The van der Waals surface area contributed by atoms with Gasteiger partial charge in [0, 0.05) is 36.6 Å². The molecule has 1 N–H and O–H groups in total. The van der Waals surface area contributed by atoms with Crippen LogP contribution in [0.15, 0.2) is 30.5 Å². The van der Waals surface area contributed by atoms with Crippen LogP contribution in [0, 0.1) is 11.8 Å². The van der Waals surface area contributed by atoms with E-state index in [-0.39, 0.29) is 0 Å². The molecule has 2 heterocycles. The third-order valence-corrected chi connectivity index (χ3v) is 4.73. The average molecular weight is 298 g/mol. The van der Waals surface area contributed by atoms with Gasteiger partial charge in [-0.15, -0.1) is 0 Å². The molecule has 1 aromatic heterocycles. The van der Waals surface area contributed by atoms with Gasteiger partial charge in [-0.3, -0.25) is 4.79 Å². The number of amides is 1. The van der Waals surface area contributed by atoms with Gasteiger partial charge in [0.15, 0.2) is 0 Å². The monoisotopic (exact) mass is 298 g/mol. The van der Waals surface area contributed by atoms with E-state index in [1.165, 1.54) is 16.5 Å². The number of aromatic nitrogens is 1. The minimum Gasteiger partial charge on any atom is -0.361 e. The van der Waals surface area contributed by atoms with Crippen LogP contribution in [0.3, 0.4) is 0 Å². The van der Waals surface area contributed by atoms with Crippen LogP contribution in [0.1, 0.15) is 38.7 Å². The number of aromatic amines is 1. The highest BCUT2D eigenvalue weighted by molar-refractivity contribution is 5.83. The Kier molecular flexibility index (Phi) is 4.51.